The van der Waals surface area contributed by atoms with Gasteiger partial charge in [0.1, 0.15) is 18.1 Å². The zero-order valence-corrected chi connectivity index (χ0v) is 17.9. The summed E-state index contributed by atoms with van der Waals surface area (Å²) in [6, 6.07) is -4.24. The van der Waals surface area contributed by atoms with Crippen LogP contribution in [-0.2, 0) is 24.0 Å². The molecular formula is C18H30N4O7S. The van der Waals surface area contributed by atoms with Crippen molar-refractivity contribution in [2.45, 2.75) is 63.7 Å². The second kappa shape index (κ2) is 12.4. The van der Waals surface area contributed by atoms with Crippen molar-refractivity contribution in [1.29, 1.82) is 0 Å². The minimum atomic E-state index is -1.38. The van der Waals surface area contributed by atoms with Crippen LogP contribution in [0.3, 0.4) is 0 Å². The van der Waals surface area contributed by atoms with E-state index in [4.69, 9.17) is 10.2 Å². The fraction of sp³-hybridized carbons (Fsp3) is 0.722. The van der Waals surface area contributed by atoms with E-state index in [1.807, 2.05) is 0 Å². The number of carbonyl (C=O) groups excluding carboxylic acids is 3. The Hall–Kier alpha value is -2.34. The van der Waals surface area contributed by atoms with E-state index < -0.39 is 60.2 Å². The van der Waals surface area contributed by atoms with Crippen molar-refractivity contribution in [2.75, 3.05) is 12.3 Å². The lowest BCUT2D eigenvalue weighted by Gasteiger charge is -2.27. The summed E-state index contributed by atoms with van der Waals surface area (Å²) < 4.78 is 0. The monoisotopic (exact) mass is 446 g/mol. The maximum absolute atomic E-state index is 12.7. The molecule has 1 rings (SSSR count). The molecule has 0 aromatic heterocycles. The zero-order chi connectivity index (χ0) is 22.8. The summed E-state index contributed by atoms with van der Waals surface area (Å²) in [5.41, 5.74) is 0. The van der Waals surface area contributed by atoms with E-state index in [9.17, 15) is 24.0 Å². The van der Waals surface area contributed by atoms with Crippen LogP contribution in [0, 0.1) is 5.92 Å². The van der Waals surface area contributed by atoms with Crippen LogP contribution in [0.2, 0.25) is 0 Å². The van der Waals surface area contributed by atoms with Gasteiger partial charge in [-0.15, -0.1) is 0 Å². The molecule has 0 saturated carbocycles. The Labute approximate surface area is 180 Å². The van der Waals surface area contributed by atoms with E-state index in [2.05, 4.69) is 33.9 Å². The summed E-state index contributed by atoms with van der Waals surface area (Å²) in [7, 11) is 0. The Morgan fingerprint density at radius 2 is 1.73 bits per heavy atom. The highest BCUT2D eigenvalue weighted by atomic mass is 32.1. The molecule has 0 bridgehead atoms. The average molecular weight is 447 g/mol. The maximum Gasteiger partial charge on any atom is 0.327 e. The van der Waals surface area contributed by atoms with Gasteiger partial charge in [-0.05, 0) is 25.3 Å². The number of hydrogen-bond acceptors (Lipinski definition) is 7. The number of aliphatic carboxylic acids is 2. The van der Waals surface area contributed by atoms with E-state index in [1.165, 1.54) is 0 Å². The van der Waals surface area contributed by atoms with Crippen LogP contribution in [0.4, 0.5) is 0 Å². The number of rotatable bonds is 12. The lowest BCUT2D eigenvalue weighted by Crippen LogP contribution is -2.59. The lowest BCUT2D eigenvalue weighted by atomic mass is 9.97. The van der Waals surface area contributed by atoms with Crippen molar-refractivity contribution in [3.8, 4) is 0 Å². The quantitative estimate of drug-likeness (QED) is 0.182. The van der Waals surface area contributed by atoms with Gasteiger partial charge in [0.25, 0.3) is 0 Å². The minimum Gasteiger partial charge on any atom is -0.481 e. The fourth-order valence-corrected chi connectivity index (χ4v) is 3.21. The molecular weight excluding hydrogens is 416 g/mol. The van der Waals surface area contributed by atoms with E-state index in [0.29, 0.717) is 19.4 Å². The van der Waals surface area contributed by atoms with Crippen molar-refractivity contribution in [2.24, 2.45) is 5.92 Å². The Kier molecular flexibility index (Phi) is 10.6. The van der Waals surface area contributed by atoms with Crippen molar-refractivity contribution in [3.63, 3.8) is 0 Å². The van der Waals surface area contributed by atoms with Gasteiger partial charge in [0, 0.05) is 5.75 Å². The van der Waals surface area contributed by atoms with Gasteiger partial charge in [-0.3, -0.25) is 19.2 Å². The van der Waals surface area contributed by atoms with Crippen LogP contribution in [0.1, 0.15) is 39.5 Å². The van der Waals surface area contributed by atoms with Gasteiger partial charge >= 0.3 is 11.9 Å². The first-order valence-corrected chi connectivity index (χ1v) is 10.4. The standard InChI is InChI=1S/C18H30N4O7S/c1-3-9(2)14(17(27)21-12(8-30)18(28)29)22-16(26)11(7-13(23)24)20-15(25)10-5-4-6-19-10/h9-12,14,19,30H,3-8H2,1-2H3,(H,20,25)(H,21,27)(H,22,26)(H,23,24)(H,28,29). The minimum absolute atomic E-state index is 0.145. The number of nitrogens with one attached hydrogen (secondary N) is 4. The molecule has 6 N–H and O–H groups in total. The third-order valence-electron chi connectivity index (χ3n) is 4.98. The molecule has 11 nitrogen and oxygen atoms in total. The van der Waals surface area contributed by atoms with Crippen molar-refractivity contribution < 1.29 is 34.2 Å². The first kappa shape index (κ1) is 25.7. The van der Waals surface area contributed by atoms with E-state index >= 15 is 0 Å². The number of thiol groups is 1. The predicted octanol–water partition coefficient (Wildman–Crippen LogP) is -1.27. The largest absolute Gasteiger partial charge is 0.481 e. The van der Waals surface area contributed by atoms with Gasteiger partial charge < -0.3 is 31.5 Å². The van der Waals surface area contributed by atoms with Crippen LogP contribution in [-0.4, -0.2) is 76.3 Å². The van der Waals surface area contributed by atoms with Crippen molar-refractivity contribution in [3.05, 3.63) is 0 Å². The summed E-state index contributed by atoms with van der Waals surface area (Å²) in [4.78, 5) is 60.0. The van der Waals surface area contributed by atoms with Crippen LogP contribution in [0.25, 0.3) is 0 Å². The predicted molar refractivity (Wildman–Crippen MR) is 110 cm³/mol. The SMILES string of the molecule is CCC(C)C(NC(=O)C(CC(=O)O)NC(=O)C1CCCN1)C(=O)NC(CS)C(=O)O. The molecule has 170 valence electrons. The number of carbonyl (C=O) groups is 5. The van der Waals surface area contributed by atoms with Gasteiger partial charge in [-0.2, -0.15) is 12.6 Å². The van der Waals surface area contributed by atoms with Crippen LogP contribution < -0.4 is 21.3 Å². The molecule has 5 unspecified atom stereocenters. The topological polar surface area (TPSA) is 174 Å². The average Bonchev–Trinajstić information content (AvgIpc) is 3.23. The Balaban J connectivity index is 2.92. The molecule has 5 atom stereocenters. The van der Waals surface area contributed by atoms with Gasteiger partial charge in [0.15, 0.2) is 0 Å². The first-order valence-electron chi connectivity index (χ1n) is 9.80. The summed E-state index contributed by atoms with van der Waals surface area (Å²) in [5.74, 6) is -5.12. The number of carboxylic acid groups (broad SMARTS) is 2. The molecule has 1 heterocycles. The molecule has 0 aromatic rings. The Bertz CT molecular complexity index is 654. The van der Waals surface area contributed by atoms with Crippen molar-refractivity contribution >= 4 is 42.3 Å². The molecule has 30 heavy (non-hydrogen) atoms. The van der Waals surface area contributed by atoms with Gasteiger partial charge in [0.2, 0.25) is 17.7 Å². The number of amides is 3. The number of carboxylic acids is 2. The third-order valence-corrected chi connectivity index (χ3v) is 5.34. The number of hydrogen-bond donors (Lipinski definition) is 7. The second-order valence-electron chi connectivity index (χ2n) is 7.26. The summed E-state index contributed by atoms with van der Waals surface area (Å²) in [6.07, 6.45) is 1.19. The van der Waals surface area contributed by atoms with Gasteiger partial charge in [-0.1, -0.05) is 20.3 Å². The highest BCUT2D eigenvalue weighted by Crippen LogP contribution is 2.10. The summed E-state index contributed by atoms with van der Waals surface area (Å²) >= 11 is 3.89. The third kappa shape index (κ3) is 7.82. The molecule has 1 fully saturated rings. The lowest BCUT2D eigenvalue weighted by molar-refractivity contribution is -0.143. The Morgan fingerprint density at radius 3 is 2.20 bits per heavy atom. The van der Waals surface area contributed by atoms with E-state index in [0.717, 1.165) is 6.42 Å². The summed E-state index contributed by atoms with van der Waals surface area (Å²) in [6.45, 7) is 4.13. The smallest absolute Gasteiger partial charge is 0.327 e. The highest BCUT2D eigenvalue weighted by Gasteiger charge is 2.34. The van der Waals surface area contributed by atoms with Gasteiger partial charge in [-0.25, -0.2) is 4.79 Å². The molecule has 0 spiro atoms. The second-order valence-corrected chi connectivity index (χ2v) is 7.63. The normalized spacial score (nSPS) is 19.8. The molecule has 1 saturated heterocycles. The molecule has 3 amide bonds. The molecule has 0 radical (unpaired) electrons. The molecule has 0 aromatic carbocycles. The highest BCUT2D eigenvalue weighted by molar-refractivity contribution is 7.80. The van der Waals surface area contributed by atoms with Crippen LogP contribution in [0.5, 0.6) is 0 Å². The van der Waals surface area contributed by atoms with Crippen LogP contribution in [0.15, 0.2) is 0 Å². The van der Waals surface area contributed by atoms with Crippen molar-refractivity contribution in [1.82, 2.24) is 21.3 Å². The van der Waals surface area contributed by atoms with Crippen LogP contribution >= 0.6 is 12.6 Å². The fourth-order valence-electron chi connectivity index (χ4n) is 2.97. The molecule has 12 heteroatoms. The molecule has 1 aliphatic rings. The zero-order valence-electron chi connectivity index (χ0n) is 17.0. The first-order chi connectivity index (χ1) is 14.1. The van der Waals surface area contributed by atoms with E-state index in [-0.39, 0.29) is 11.7 Å². The summed E-state index contributed by atoms with van der Waals surface area (Å²) in [5, 5.41) is 28.4. The van der Waals surface area contributed by atoms with E-state index in [1.54, 1.807) is 13.8 Å². The maximum atomic E-state index is 12.7. The molecule has 0 aliphatic carbocycles. The molecule has 1 aliphatic heterocycles. The Morgan fingerprint density at radius 1 is 1.07 bits per heavy atom. The van der Waals surface area contributed by atoms with Gasteiger partial charge in [0.05, 0.1) is 12.5 Å².